The molecule has 1 unspecified atom stereocenters. The Labute approximate surface area is 111 Å². The molecular formula is C15H14N2O2. The van der Waals surface area contributed by atoms with Crippen molar-refractivity contribution in [3.63, 3.8) is 0 Å². The van der Waals surface area contributed by atoms with Gasteiger partial charge in [-0.1, -0.05) is 24.3 Å². The number of amides is 2. The van der Waals surface area contributed by atoms with Crippen LogP contribution in [0.5, 0.6) is 0 Å². The van der Waals surface area contributed by atoms with E-state index in [1.165, 1.54) is 4.90 Å². The number of nitrogens with zero attached hydrogens (tertiary/aromatic N) is 2. The minimum atomic E-state index is -0.299. The SMILES string of the molecule is CC(c1ccc2ccccc2n1)N1C(=O)CCC1=O. The molecule has 1 aromatic heterocycles. The summed E-state index contributed by atoms with van der Waals surface area (Å²) in [6.45, 7) is 1.85. The van der Waals surface area contributed by atoms with Crippen molar-refractivity contribution in [3.05, 3.63) is 42.1 Å². The molecule has 4 heteroatoms. The van der Waals surface area contributed by atoms with Gasteiger partial charge in [-0.05, 0) is 19.1 Å². The van der Waals surface area contributed by atoms with Crippen LogP contribution >= 0.6 is 0 Å². The molecule has 0 radical (unpaired) electrons. The Morgan fingerprint density at radius 1 is 1.05 bits per heavy atom. The van der Waals surface area contributed by atoms with Crippen LogP contribution in [0.2, 0.25) is 0 Å². The first-order chi connectivity index (χ1) is 9.16. The van der Waals surface area contributed by atoms with Gasteiger partial charge < -0.3 is 0 Å². The van der Waals surface area contributed by atoms with Gasteiger partial charge in [0, 0.05) is 18.2 Å². The average molecular weight is 254 g/mol. The summed E-state index contributed by atoms with van der Waals surface area (Å²) in [4.78, 5) is 29.4. The molecule has 0 bridgehead atoms. The van der Waals surface area contributed by atoms with Crippen LogP contribution < -0.4 is 0 Å². The molecule has 1 atom stereocenters. The fourth-order valence-corrected chi connectivity index (χ4v) is 2.47. The fourth-order valence-electron chi connectivity index (χ4n) is 2.47. The molecule has 2 heterocycles. The lowest BCUT2D eigenvalue weighted by molar-refractivity contribution is -0.140. The van der Waals surface area contributed by atoms with E-state index in [-0.39, 0.29) is 17.9 Å². The van der Waals surface area contributed by atoms with Gasteiger partial charge in [0.2, 0.25) is 11.8 Å². The summed E-state index contributed by atoms with van der Waals surface area (Å²) >= 11 is 0. The summed E-state index contributed by atoms with van der Waals surface area (Å²) in [5.41, 5.74) is 1.63. The highest BCUT2D eigenvalue weighted by molar-refractivity contribution is 6.02. The van der Waals surface area contributed by atoms with E-state index in [0.29, 0.717) is 12.8 Å². The molecule has 19 heavy (non-hydrogen) atoms. The number of likely N-dealkylation sites (tertiary alicyclic amines) is 1. The molecule has 96 valence electrons. The van der Waals surface area contributed by atoms with Gasteiger partial charge in [0.1, 0.15) is 0 Å². The number of imide groups is 1. The van der Waals surface area contributed by atoms with Crippen LogP contribution in [-0.2, 0) is 9.59 Å². The van der Waals surface area contributed by atoms with Gasteiger partial charge in [0.15, 0.2) is 0 Å². The van der Waals surface area contributed by atoms with Crippen molar-refractivity contribution in [2.75, 3.05) is 0 Å². The third kappa shape index (κ3) is 1.99. The standard InChI is InChI=1S/C15H14N2O2/c1-10(17-14(18)8-9-15(17)19)12-7-6-11-4-2-3-5-13(11)16-12/h2-7,10H,8-9H2,1H3. The average Bonchev–Trinajstić information content (AvgIpc) is 2.77. The molecule has 0 saturated carbocycles. The van der Waals surface area contributed by atoms with Crippen molar-refractivity contribution in [2.45, 2.75) is 25.8 Å². The zero-order valence-electron chi connectivity index (χ0n) is 10.7. The van der Waals surface area contributed by atoms with Crippen molar-refractivity contribution in [3.8, 4) is 0 Å². The highest BCUT2D eigenvalue weighted by Gasteiger charge is 2.33. The first-order valence-corrected chi connectivity index (χ1v) is 6.37. The van der Waals surface area contributed by atoms with Gasteiger partial charge in [0.25, 0.3) is 0 Å². The zero-order valence-corrected chi connectivity index (χ0v) is 10.7. The third-order valence-corrected chi connectivity index (χ3v) is 3.53. The summed E-state index contributed by atoms with van der Waals surface area (Å²) in [6, 6.07) is 11.4. The van der Waals surface area contributed by atoms with Crippen LogP contribution in [0.25, 0.3) is 10.9 Å². The number of aromatic nitrogens is 1. The molecule has 0 N–H and O–H groups in total. The topological polar surface area (TPSA) is 50.3 Å². The summed E-state index contributed by atoms with van der Waals surface area (Å²) in [6.07, 6.45) is 0.632. The van der Waals surface area contributed by atoms with Crippen molar-refractivity contribution in [2.24, 2.45) is 0 Å². The summed E-state index contributed by atoms with van der Waals surface area (Å²) in [5, 5.41) is 1.05. The number of fused-ring (bicyclic) bond motifs is 1. The number of carbonyl (C=O) groups is 2. The molecule has 3 rings (SSSR count). The third-order valence-electron chi connectivity index (χ3n) is 3.53. The minimum Gasteiger partial charge on any atom is -0.274 e. The second kappa shape index (κ2) is 4.46. The molecule has 2 amide bonds. The number of rotatable bonds is 2. The minimum absolute atomic E-state index is 0.104. The maximum atomic E-state index is 11.7. The number of pyridine rings is 1. The summed E-state index contributed by atoms with van der Waals surface area (Å²) in [7, 11) is 0. The van der Waals surface area contributed by atoms with Crippen LogP contribution in [-0.4, -0.2) is 21.7 Å². The Bertz CT molecular complexity index is 650. The zero-order chi connectivity index (χ0) is 13.4. The van der Waals surface area contributed by atoms with Crippen molar-refractivity contribution >= 4 is 22.7 Å². The molecule has 4 nitrogen and oxygen atoms in total. The largest absolute Gasteiger partial charge is 0.274 e. The predicted octanol–water partition coefficient (Wildman–Crippen LogP) is 2.44. The second-order valence-electron chi connectivity index (χ2n) is 4.76. The lowest BCUT2D eigenvalue weighted by Gasteiger charge is -2.22. The molecule has 1 aliphatic rings. The molecule has 1 fully saturated rings. The van der Waals surface area contributed by atoms with Crippen LogP contribution in [0, 0.1) is 0 Å². The highest BCUT2D eigenvalue weighted by atomic mass is 16.2. The molecule has 2 aromatic rings. The normalized spacial score (nSPS) is 17.2. The van der Waals surface area contributed by atoms with Gasteiger partial charge in [-0.3, -0.25) is 19.5 Å². The van der Waals surface area contributed by atoms with Crippen molar-refractivity contribution in [1.82, 2.24) is 9.88 Å². The van der Waals surface area contributed by atoms with Crippen LogP contribution in [0.15, 0.2) is 36.4 Å². The fraction of sp³-hybridized carbons (Fsp3) is 0.267. The number of hydrogen-bond acceptors (Lipinski definition) is 3. The first kappa shape index (κ1) is 11.8. The maximum Gasteiger partial charge on any atom is 0.230 e. The lowest BCUT2D eigenvalue weighted by Crippen LogP contribution is -2.32. The predicted molar refractivity (Wildman–Crippen MR) is 71.2 cm³/mol. The number of para-hydroxylation sites is 1. The Balaban J connectivity index is 1.99. The van der Waals surface area contributed by atoms with Crippen LogP contribution in [0.3, 0.4) is 0 Å². The highest BCUT2D eigenvalue weighted by Crippen LogP contribution is 2.26. The van der Waals surface area contributed by atoms with E-state index >= 15 is 0 Å². The summed E-state index contributed by atoms with van der Waals surface area (Å²) < 4.78 is 0. The molecule has 1 saturated heterocycles. The van der Waals surface area contributed by atoms with Crippen molar-refractivity contribution < 1.29 is 9.59 Å². The Morgan fingerprint density at radius 2 is 1.74 bits per heavy atom. The van der Waals surface area contributed by atoms with E-state index in [0.717, 1.165) is 16.6 Å². The van der Waals surface area contributed by atoms with E-state index in [1.54, 1.807) is 0 Å². The Morgan fingerprint density at radius 3 is 2.47 bits per heavy atom. The molecule has 0 aliphatic carbocycles. The van der Waals surface area contributed by atoms with Gasteiger partial charge in [-0.15, -0.1) is 0 Å². The van der Waals surface area contributed by atoms with E-state index in [4.69, 9.17) is 0 Å². The number of carbonyl (C=O) groups excluding carboxylic acids is 2. The first-order valence-electron chi connectivity index (χ1n) is 6.37. The monoisotopic (exact) mass is 254 g/mol. The van der Waals surface area contributed by atoms with E-state index < -0.39 is 0 Å². The van der Waals surface area contributed by atoms with Gasteiger partial charge >= 0.3 is 0 Å². The Hall–Kier alpha value is -2.23. The maximum absolute atomic E-state index is 11.7. The molecule has 1 aromatic carbocycles. The van der Waals surface area contributed by atoms with Gasteiger partial charge in [-0.25, -0.2) is 0 Å². The van der Waals surface area contributed by atoms with Crippen LogP contribution in [0.4, 0.5) is 0 Å². The van der Waals surface area contributed by atoms with Gasteiger partial charge in [-0.2, -0.15) is 0 Å². The lowest BCUT2D eigenvalue weighted by atomic mass is 10.1. The second-order valence-corrected chi connectivity index (χ2v) is 4.76. The quantitative estimate of drug-likeness (QED) is 0.773. The van der Waals surface area contributed by atoms with E-state index in [1.807, 2.05) is 43.3 Å². The van der Waals surface area contributed by atoms with Gasteiger partial charge in [0.05, 0.1) is 17.3 Å². The number of benzene rings is 1. The van der Waals surface area contributed by atoms with E-state index in [2.05, 4.69) is 4.98 Å². The Kier molecular flexibility index (Phi) is 2.78. The molecule has 0 spiro atoms. The molecular weight excluding hydrogens is 240 g/mol. The summed E-state index contributed by atoms with van der Waals surface area (Å²) in [5.74, 6) is -0.208. The van der Waals surface area contributed by atoms with E-state index in [9.17, 15) is 9.59 Å². The number of hydrogen-bond donors (Lipinski definition) is 0. The molecule has 1 aliphatic heterocycles. The van der Waals surface area contributed by atoms with Crippen molar-refractivity contribution in [1.29, 1.82) is 0 Å². The van der Waals surface area contributed by atoms with Crippen LogP contribution in [0.1, 0.15) is 31.5 Å². The smallest absolute Gasteiger partial charge is 0.230 e.